The van der Waals surface area contributed by atoms with Gasteiger partial charge in [0, 0.05) is 18.1 Å². The van der Waals surface area contributed by atoms with E-state index in [9.17, 15) is 18.0 Å². The van der Waals surface area contributed by atoms with Crippen LogP contribution >= 0.6 is 11.6 Å². The van der Waals surface area contributed by atoms with Crippen LogP contribution in [0.25, 0.3) is 0 Å². The van der Waals surface area contributed by atoms with Crippen LogP contribution in [0.1, 0.15) is 36.7 Å². The summed E-state index contributed by atoms with van der Waals surface area (Å²) in [6.45, 7) is 8.05. The number of benzene rings is 2. The van der Waals surface area contributed by atoms with E-state index in [2.05, 4.69) is 5.32 Å². The summed E-state index contributed by atoms with van der Waals surface area (Å²) in [5.41, 5.74) is 1.65. The maximum absolute atomic E-state index is 13.1. The molecule has 0 spiro atoms. The van der Waals surface area contributed by atoms with Crippen LogP contribution in [0, 0.1) is 6.92 Å². The molecule has 1 atom stereocenters. The number of hydrogen-bond donors (Lipinski definition) is 1. The smallest absolute Gasteiger partial charge is 0.255 e. The van der Waals surface area contributed by atoms with E-state index in [1.54, 1.807) is 48.2 Å². The molecule has 2 aromatic rings. The summed E-state index contributed by atoms with van der Waals surface area (Å²) < 4.78 is 26.2. The van der Waals surface area contributed by atoms with Crippen LogP contribution in [-0.4, -0.2) is 50.5 Å². The summed E-state index contributed by atoms with van der Waals surface area (Å²) in [6, 6.07) is 10.5. The first kappa shape index (κ1) is 24.7. The minimum atomic E-state index is -3.80. The van der Waals surface area contributed by atoms with Crippen LogP contribution in [0.5, 0.6) is 0 Å². The second kappa shape index (κ2) is 10.2. The Morgan fingerprint density at radius 1 is 1.10 bits per heavy atom. The third-order valence-corrected chi connectivity index (χ3v) is 6.43. The van der Waals surface area contributed by atoms with Crippen LogP contribution in [0.3, 0.4) is 0 Å². The lowest BCUT2D eigenvalue weighted by Gasteiger charge is -2.30. The molecule has 7 nitrogen and oxygen atoms in total. The zero-order chi connectivity index (χ0) is 23.3. The van der Waals surface area contributed by atoms with Gasteiger partial charge in [-0.05, 0) is 57.5 Å². The van der Waals surface area contributed by atoms with Crippen LogP contribution in [0.15, 0.2) is 42.5 Å². The number of para-hydroxylation sites is 1. The van der Waals surface area contributed by atoms with Gasteiger partial charge in [0.1, 0.15) is 6.04 Å². The van der Waals surface area contributed by atoms with Crippen molar-refractivity contribution >= 4 is 44.8 Å². The van der Waals surface area contributed by atoms with Gasteiger partial charge in [-0.2, -0.15) is 0 Å². The van der Waals surface area contributed by atoms with Crippen molar-refractivity contribution in [2.24, 2.45) is 0 Å². The number of hydrogen-bond acceptors (Lipinski definition) is 4. The molecular formula is C22H28ClN3O4S. The van der Waals surface area contributed by atoms with Gasteiger partial charge in [0.15, 0.2) is 0 Å². The van der Waals surface area contributed by atoms with E-state index in [1.807, 2.05) is 13.8 Å². The molecule has 2 rings (SSSR count). The van der Waals surface area contributed by atoms with Gasteiger partial charge >= 0.3 is 0 Å². The molecule has 9 heteroatoms. The third-order valence-electron chi connectivity index (χ3n) is 4.96. The second-order valence-corrected chi connectivity index (χ2v) is 9.47. The molecule has 0 saturated heterocycles. The van der Waals surface area contributed by atoms with Gasteiger partial charge in [-0.25, -0.2) is 8.42 Å². The molecule has 0 unspecified atom stereocenters. The molecule has 0 fully saturated rings. The number of amides is 2. The van der Waals surface area contributed by atoms with Crippen LogP contribution in [0.2, 0.25) is 5.02 Å². The normalized spacial score (nSPS) is 12.2. The van der Waals surface area contributed by atoms with Crippen LogP contribution in [0.4, 0.5) is 11.4 Å². The van der Waals surface area contributed by atoms with E-state index in [-0.39, 0.29) is 5.91 Å². The number of rotatable bonds is 8. The minimum absolute atomic E-state index is 0.209. The fourth-order valence-electron chi connectivity index (χ4n) is 3.30. The highest BCUT2D eigenvalue weighted by Gasteiger charge is 2.31. The second-order valence-electron chi connectivity index (χ2n) is 7.18. The molecule has 0 radical (unpaired) electrons. The number of nitrogens with zero attached hydrogens (tertiary/aromatic N) is 2. The molecule has 31 heavy (non-hydrogen) atoms. The van der Waals surface area contributed by atoms with Gasteiger partial charge in [0.25, 0.3) is 5.91 Å². The van der Waals surface area contributed by atoms with E-state index in [1.165, 1.54) is 13.0 Å². The Hall–Kier alpha value is -2.58. The van der Waals surface area contributed by atoms with Gasteiger partial charge in [-0.1, -0.05) is 29.8 Å². The van der Waals surface area contributed by atoms with Gasteiger partial charge in [0.05, 0.1) is 23.2 Å². The number of halogens is 1. The molecule has 168 valence electrons. The van der Waals surface area contributed by atoms with E-state index in [0.717, 1.165) is 10.6 Å². The Labute approximate surface area is 189 Å². The molecule has 0 bridgehead atoms. The predicted molar refractivity (Wildman–Crippen MR) is 125 cm³/mol. The van der Waals surface area contributed by atoms with Crippen molar-refractivity contribution < 1.29 is 18.0 Å². The Morgan fingerprint density at radius 3 is 2.29 bits per heavy atom. The van der Waals surface area contributed by atoms with Crippen molar-refractivity contribution in [2.75, 3.05) is 29.0 Å². The lowest BCUT2D eigenvalue weighted by atomic mass is 10.1. The molecular weight excluding hydrogens is 438 g/mol. The maximum atomic E-state index is 13.1. The number of anilines is 2. The van der Waals surface area contributed by atoms with E-state index in [0.29, 0.717) is 40.6 Å². The van der Waals surface area contributed by atoms with Gasteiger partial charge in [-0.3, -0.25) is 13.9 Å². The highest BCUT2D eigenvalue weighted by Crippen LogP contribution is 2.29. The standard InChI is InChI=1S/C22H28ClN3O4S/c1-6-25(7-2)22(28)18-10-8-9-11-19(18)24-21(27)16(4)26(31(5,29)30)20-14-17(23)13-12-15(20)3/h8-14,16H,6-7H2,1-5H3,(H,24,27)/t16-/m1/s1. The Balaban J connectivity index is 2.41. The fraction of sp³-hybridized carbons (Fsp3) is 0.364. The summed E-state index contributed by atoms with van der Waals surface area (Å²) >= 11 is 6.07. The van der Waals surface area contributed by atoms with Crippen LogP contribution < -0.4 is 9.62 Å². The molecule has 0 aliphatic heterocycles. The van der Waals surface area contributed by atoms with E-state index < -0.39 is 22.0 Å². The quantitative estimate of drug-likeness (QED) is 0.640. The molecule has 0 saturated carbocycles. The van der Waals surface area contributed by atoms with Crippen molar-refractivity contribution in [2.45, 2.75) is 33.7 Å². The first-order valence-electron chi connectivity index (χ1n) is 9.95. The van der Waals surface area contributed by atoms with Gasteiger partial charge in [0.2, 0.25) is 15.9 Å². The molecule has 0 heterocycles. The predicted octanol–water partition coefficient (Wildman–Crippen LogP) is 3.92. The first-order chi connectivity index (χ1) is 14.5. The monoisotopic (exact) mass is 465 g/mol. The summed E-state index contributed by atoms with van der Waals surface area (Å²) in [7, 11) is -3.80. The van der Waals surface area contributed by atoms with Gasteiger partial charge in [-0.15, -0.1) is 0 Å². The number of sulfonamides is 1. The molecule has 0 aliphatic carbocycles. The first-order valence-corrected chi connectivity index (χ1v) is 12.2. The maximum Gasteiger partial charge on any atom is 0.255 e. The van der Waals surface area contributed by atoms with Crippen molar-refractivity contribution in [3.05, 3.63) is 58.6 Å². The van der Waals surface area contributed by atoms with E-state index >= 15 is 0 Å². The molecule has 2 aromatic carbocycles. The molecule has 0 aromatic heterocycles. The van der Waals surface area contributed by atoms with Crippen molar-refractivity contribution in [1.29, 1.82) is 0 Å². The molecule has 0 aliphatic rings. The number of carbonyl (C=O) groups excluding carboxylic acids is 2. The van der Waals surface area contributed by atoms with Crippen molar-refractivity contribution in [1.82, 2.24) is 4.90 Å². The SMILES string of the molecule is CCN(CC)C(=O)c1ccccc1NC(=O)[C@@H](C)N(c1cc(Cl)ccc1C)S(C)(=O)=O. The number of nitrogens with one attached hydrogen (secondary N) is 1. The number of aryl methyl sites for hydroxylation is 1. The summed E-state index contributed by atoms with van der Waals surface area (Å²) in [6.07, 6.45) is 1.04. The highest BCUT2D eigenvalue weighted by atomic mass is 35.5. The Kier molecular flexibility index (Phi) is 8.08. The Bertz CT molecular complexity index is 1070. The highest BCUT2D eigenvalue weighted by molar-refractivity contribution is 7.92. The summed E-state index contributed by atoms with van der Waals surface area (Å²) in [5, 5.41) is 3.08. The molecule has 1 N–H and O–H groups in total. The zero-order valence-corrected chi connectivity index (χ0v) is 19.9. The summed E-state index contributed by atoms with van der Waals surface area (Å²) in [4.78, 5) is 27.6. The Morgan fingerprint density at radius 2 is 1.71 bits per heavy atom. The largest absolute Gasteiger partial charge is 0.339 e. The van der Waals surface area contributed by atoms with Crippen molar-refractivity contribution in [3.8, 4) is 0 Å². The van der Waals surface area contributed by atoms with Gasteiger partial charge < -0.3 is 10.2 Å². The topological polar surface area (TPSA) is 86.8 Å². The lowest BCUT2D eigenvalue weighted by molar-refractivity contribution is -0.116. The average Bonchev–Trinajstić information content (AvgIpc) is 2.70. The zero-order valence-electron chi connectivity index (χ0n) is 18.3. The average molecular weight is 466 g/mol. The van der Waals surface area contributed by atoms with E-state index in [4.69, 9.17) is 11.6 Å². The number of carbonyl (C=O) groups is 2. The lowest BCUT2D eigenvalue weighted by Crippen LogP contribution is -2.46. The third kappa shape index (κ3) is 5.77. The summed E-state index contributed by atoms with van der Waals surface area (Å²) in [5.74, 6) is -0.774. The molecule has 2 amide bonds. The fourth-order valence-corrected chi connectivity index (χ4v) is 4.69. The van der Waals surface area contributed by atoms with Crippen LogP contribution in [-0.2, 0) is 14.8 Å². The minimum Gasteiger partial charge on any atom is -0.339 e. The van der Waals surface area contributed by atoms with Crippen molar-refractivity contribution in [3.63, 3.8) is 0 Å².